The number of imidazole rings is 1. The van der Waals surface area contributed by atoms with Crippen molar-refractivity contribution >= 4 is 11.8 Å². The topological polar surface area (TPSA) is 93.0 Å². The number of rotatable bonds is 4. The van der Waals surface area contributed by atoms with Crippen molar-refractivity contribution in [1.29, 1.82) is 0 Å². The molecule has 2 atom stereocenters. The highest BCUT2D eigenvalue weighted by Gasteiger charge is 2.46. The molecule has 0 unspecified atom stereocenters. The lowest BCUT2D eigenvalue weighted by Gasteiger charge is -2.41. The minimum Gasteiger partial charge on any atom is -0.347 e. The van der Waals surface area contributed by atoms with Gasteiger partial charge in [-0.05, 0) is 32.3 Å². The van der Waals surface area contributed by atoms with Gasteiger partial charge in [0.2, 0.25) is 5.91 Å². The van der Waals surface area contributed by atoms with Crippen molar-refractivity contribution in [3.63, 3.8) is 0 Å². The Labute approximate surface area is 151 Å². The fraction of sp³-hybridized carbons (Fsp3) is 0.500. The first-order valence-electron chi connectivity index (χ1n) is 8.94. The zero-order valence-electron chi connectivity index (χ0n) is 14.9. The second-order valence-corrected chi connectivity index (χ2v) is 7.02. The summed E-state index contributed by atoms with van der Waals surface area (Å²) in [4.78, 5) is 31.8. The molecule has 2 aliphatic rings. The van der Waals surface area contributed by atoms with Gasteiger partial charge >= 0.3 is 0 Å². The molecule has 2 fully saturated rings. The number of nitrogens with zero attached hydrogens (tertiary/aromatic N) is 5. The maximum atomic E-state index is 12.8. The Morgan fingerprint density at radius 3 is 2.73 bits per heavy atom. The summed E-state index contributed by atoms with van der Waals surface area (Å²) in [6.45, 7) is 1.76. The predicted octanol–water partition coefficient (Wildman–Crippen LogP) is 1.14. The normalized spacial score (nSPS) is 23.2. The summed E-state index contributed by atoms with van der Waals surface area (Å²) >= 11 is 0. The number of amides is 2. The average Bonchev–Trinajstić information content (AvgIpc) is 3.37. The largest absolute Gasteiger partial charge is 0.347 e. The third-order valence-electron chi connectivity index (χ3n) is 5.17. The van der Waals surface area contributed by atoms with E-state index in [2.05, 4.69) is 20.5 Å². The van der Waals surface area contributed by atoms with Gasteiger partial charge in [0, 0.05) is 31.9 Å². The van der Waals surface area contributed by atoms with Gasteiger partial charge in [-0.25, -0.2) is 4.98 Å². The van der Waals surface area contributed by atoms with Gasteiger partial charge in [0.25, 0.3) is 5.91 Å². The molecule has 0 radical (unpaired) electrons. The zero-order valence-corrected chi connectivity index (χ0v) is 14.9. The Kier molecular flexibility index (Phi) is 4.18. The summed E-state index contributed by atoms with van der Waals surface area (Å²) in [5.41, 5.74) is 1.10. The van der Waals surface area contributed by atoms with Crippen LogP contribution < -0.4 is 5.32 Å². The van der Waals surface area contributed by atoms with Crippen molar-refractivity contribution in [3.8, 4) is 0 Å². The maximum absolute atomic E-state index is 12.8. The lowest BCUT2D eigenvalue weighted by Crippen LogP contribution is -2.53. The number of carbonyl (C=O) groups is 2. The van der Waals surface area contributed by atoms with Crippen molar-refractivity contribution < 1.29 is 9.59 Å². The van der Waals surface area contributed by atoms with E-state index in [1.54, 1.807) is 19.2 Å². The molecule has 1 N–H and O–H groups in total. The summed E-state index contributed by atoms with van der Waals surface area (Å²) in [5.74, 6) is 0.763. The Balaban J connectivity index is 1.65. The van der Waals surface area contributed by atoms with Crippen LogP contribution >= 0.6 is 0 Å². The van der Waals surface area contributed by atoms with Gasteiger partial charge in [-0.1, -0.05) is 0 Å². The molecule has 4 rings (SSSR count). The lowest BCUT2D eigenvalue weighted by molar-refractivity contribution is -0.138. The van der Waals surface area contributed by atoms with Crippen molar-refractivity contribution in [2.24, 2.45) is 7.05 Å². The molecule has 2 aromatic heterocycles. The van der Waals surface area contributed by atoms with Crippen molar-refractivity contribution in [1.82, 2.24) is 30.0 Å². The zero-order chi connectivity index (χ0) is 18.3. The summed E-state index contributed by atoms with van der Waals surface area (Å²) in [5, 5.41) is 10.9. The summed E-state index contributed by atoms with van der Waals surface area (Å²) in [7, 11) is 1.92. The van der Waals surface area contributed by atoms with Crippen LogP contribution in [0.15, 0.2) is 24.7 Å². The third-order valence-corrected chi connectivity index (χ3v) is 5.17. The van der Waals surface area contributed by atoms with Gasteiger partial charge in [0.05, 0.1) is 23.5 Å². The molecule has 26 heavy (non-hydrogen) atoms. The van der Waals surface area contributed by atoms with Crippen LogP contribution in [0.2, 0.25) is 0 Å². The minimum atomic E-state index is -0.247. The van der Waals surface area contributed by atoms with Crippen molar-refractivity contribution in [3.05, 3.63) is 41.7 Å². The van der Waals surface area contributed by atoms with E-state index in [-0.39, 0.29) is 29.9 Å². The van der Waals surface area contributed by atoms with E-state index in [9.17, 15) is 9.59 Å². The molecule has 0 aromatic carbocycles. The first-order valence-corrected chi connectivity index (χ1v) is 8.94. The number of aryl methyl sites for hydroxylation is 2. The van der Waals surface area contributed by atoms with Gasteiger partial charge < -0.3 is 14.8 Å². The Morgan fingerprint density at radius 1 is 1.27 bits per heavy atom. The number of carbonyl (C=O) groups excluding carboxylic acids is 2. The van der Waals surface area contributed by atoms with Gasteiger partial charge in [0.15, 0.2) is 0 Å². The van der Waals surface area contributed by atoms with Crippen LogP contribution in [0.3, 0.4) is 0 Å². The summed E-state index contributed by atoms with van der Waals surface area (Å²) in [6.07, 6.45) is 8.18. The number of hydrogen-bond donors (Lipinski definition) is 1. The van der Waals surface area contributed by atoms with Crippen molar-refractivity contribution in [2.75, 3.05) is 0 Å². The van der Waals surface area contributed by atoms with E-state index in [1.165, 1.54) is 6.20 Å². The predicted molar refractivity (Wildman–Crippen MR) is 93.1 cm³/mol. The van der Waals surface area contributed by atoms with Crippen LogP contribution in [0, 0.1) is 6.92 Å². The van der Waals surface area contributed by atoms with E-state index in [0.29, 0.717) is 24.1 Å². The van der Waals surface area contributed by atoms with Crippen LogP contribution in [-0.2, 0) is 11.8 Å². The van der Waals surface area contributed by atoms with Crippen LogP contribution in [0.25, 0.3) is 0 Å². The number of nitrogens with one attached hydrogen (secondary N) is 1. The molecule has 1 saturated carbocycles. The number of piperidine rings is 1. The van der Waals surface area contributed by atoms with Crippen LogP contribution in [0.1, 0.15) is 53.6 Å². The lowest BCUT2D eigenvalue weighted by atomic mass is 9.93. The first-order chi connectivity index (χ1) is 12.6. The molecule has 8 nitrogen and oxygen atoms in total. The highest BCUT2D eigenvalue weighted by molar-refractivity contribution is 5.95. The second-order valence-electron chi connectivity index (χ2n) is 7.02. The molecule has 1 saturated heterocycles. The van der Waals surface area contributed by atoms with E-state index in [1.807, 2.05) is 22.7 Å². The smallest absolute Gasteiger partial charge is 0.253 e. The Bertz CT molecular complexity index is 844. The molecule has 3 heterocycles. The number of likely N-dealkylation sites (tertiary alicyclic amines) is 1. The van der Waals surface area contributed by atoms with E-state index in [4.69, 9.17) is 0 Å². The molecular formula is C18H22N6O2. The molecule has 1 aliphatic heterocycles. The highest BCUT2D eigenvalue weighted by Crippen LogP contribution is 2.40. The Hall–Kier alpha value is -2.77. The second kappa shape index (κ2) is 6.51. The molecular weight excluding hydrogens is 332 g/mol. The average molecular weight is 354 g/mol. The van der Waals surface area contributed by atoms with Gasteiger partial charge in [0.1, 0.15) is 11.9 Å². The molecule has 0 spiro atoms. The van der Waals surface area contributed by atoms with Gasteiger partial charge in [-0.15, -0.1) is 0 Å². The van der Waals surface area contributed by atoms with Gasteiger partial charge in [-0.2, -0.15) is 10.2 Å². The quantitative estimate of drug-likeness (QED) is 0.889. The molecule has 0 bridgehead atoms. The third kappa shape index (κ3) is 2.95. The van der Waals surface area contributed by atoms with Crippen LogP contribution in [0.5, 0.6) is 0 Å². The fourth-order valence-corrected chi connectivity index (χ4v) is 3.70. The summed E-state index contributed by atoms with van der Waals surface area (Å²) < 4.78 is 1.93. The van der Waals surface area contributed by atoms with Crippen LogP contribution in [0.4, 0.5) is 0 Å². The van der Waals surface area contributed by atoms with Crippen molar-refractivity contribution in [2.45, 2.75) is 50.7 Å². The molecule has 8 heteroatoms. The summed E-state index contributed by atoms with van der Waals surface area (Å²) in [6, 6.07) is 1.49. The molecule has 1 aliphatic carbocycles. The van der Waals surface area contributed by atoms with E-state index < -0.39 is 0 Å². The Morgan fingerprint density at radius 2 is 2.08 bits per heavy atom. The monoisotopic (exact) mass is 354 g/mol. The first kappa shape index (κ1) is 16.7. The molecule has 136 valence electrons. The van der Waals surface area contributed by atoms with Gasteiger partial charge in [-0.3, -0.25) is 9.59 Å². The van der Waals surface area contributed by atoms with E-state index in [0.717, 1.165) is 18.7 Å². The number of aromatic nitrogens is 4. The fourth-order valence-electron chi connectivity index (χ4n) is 3.70. The highest BCUT2D eigenvalue weighted by atomic mass is 16.2. The minimum absolute atomic E-state index is 0.146. The SMILES string of the molecule is Cc1nnccc1C(=O)N[C@@H]1CCC(=O)N(C2CC2)[C@H]1c1nccn1C. The maximum Gasteiger partial charge on any atom is 0.253 e. The number of hydrogen-bond acceptors (Lipinski definition) is 5. The standard InChI is InChI=1S/C18H22N6O2/c1-11-13(7-8-20-22-11)18(26)21-14-5-6-15(25)24(12-3-4-12)16(14)17-19-9-10-23(17)2/h7-10,12,14,16H,3-6H2,1-2H3,(H,21,26)/t14-,16-/m1/s1. The van der Waals surface area contributed by atoms with Crippen LogP contribution in [-0.4, -0.2) is 48.5 Å². The molecule has 2 amide bonds. The molecule has 2 aromatic rings. The van der Waals surface area contributed by atoms with E-state index >= 15 is 0 Å².